The van der Waals surface area contributed by atoms with Crippen LogP contribution in [0.3, 0.4) is 0 Å². The van der Waals surface area contributed by atoms with E-state index in [4.69, 9.17) is 0 Å². The summed E-state index contributed by atoms with van der Waals surface area (Å²) in [7, 11) is 4.20. The number of imidazole rings is 1. The molecule has 4 heteroatoms. The van der Waals surface area contributed by atoms with Gasteiger partial charge in [-0.15, -0.1) is 0 Å². The number of para-hydroxylation sites is 2. The van der Waals surface area contributed by atoms with Crippen LogP contribution in [-0.4, -0.2) is 47.7 Å². The topological polar surface area (TPSA) is 33.1 Å². The van der Waals surface area contributed by atoms with Crippen LogP contribution in [0.4, 0.5) is 0 Å². The van der Waals surface area contributed by atoms with Gasteiger partial charge in [0, 0.05) is 25.7 Å². The van der Waals surface area contributed by atoms with Gasteiger partial charge < -0.3 is 14.8 Å². The van der Waals surface area contributed by atoms with E-state index >= 15 is 0 Å². The number of aromatic nitrogens is 2. The number of benzene rings is 1. The van der Waals surface area contributed by atoms with Crippen molar-refractivity contribution in [3.05, 3.63) is 30.6 Å². The second-order valence-corrected chi connectivity index (χ2v) is 5.04. The van der Waals surface area contributed by atoms with Gasteiger partial charge >= 0.3 is 0 Å². The first-order chi connectivity index (χ1) is 8.66. The number of nitrogens with one attached hydrogen (secondary N) is 1. The van der Waals surface area contributed by atoms with Gasteiger partial charge in [0.25, 0.3) is 0 Å². The first kappa shape index (κ1) is 13.1. The quantitative estimate of drug-likeness (QED) is 0.840. The van der Waals surface area contributed by atoms with Crippen molar-refractivity contribution in [1.29, 1.82) is 0 Å². The van der Waals surface area contributed by atoms with E-state index in [2.05, 4.69) is 52.9 Å². The van der Waals surface area contributed by atoms with Gasteiger partial charge in [-0.05, 0) is 33.2 Å². The average Bonchev–Trinajstić information content (AvgIpc) is 2.72. The van der Waals surface area contributed by atoms with Crippen molar-refractivity contribution in [3.63, 3.8) is 0 Å². The van der Waals surface area contributed by atoms with Crippen LogP contribution in [0.25, 0.3) is 11.0 Å². The number of hydrogen-bond acceptors (Lipinski definition) is 3. The molecule has 2 rings (SSSR count). The maximum atomic E-state index is 4.39. The lowest BCUT2D eigenvalue weighted by Gasteiger charge is -2.18. The van der Waals surface area contributed by atoms with Gasteiger partial charge in [-0.25, -0.2) is 4.98 Å². The van der Waals surface area contributed by atoms with Crippen LogP contribution in [0, 0.1) is 0 Å². The highest BCUT2D eigenvalue weighted by Crippen LogP contribution is 2.10. The molecule has 0 aliphatic rings. The Morgan fingerprint density at radius 3 is 2.89 bits per heavy atom. The van der Waals surface area contributed by atoms with Gasteiger partial charge in [0.15, 0.2) is 0 Å². The first-order valence-electron chi connectivity index (χ1n) is 6.45. The molecule has 1 aromatic carbocycles. The second kappa shape index (κ2) is 5.98. The molecule has 0 amide bonds. The maximum absolute atomic E-state index is 4.39. The lowest BCUT2D eigenvalue weighted by atomic mass is 10.3. The van der Waals surface area contributed by atoms with Crippen molar-refractivity contribution in [1.82, 2.24) is 19.8 Å². The van der Waals surface area contributed by atoms with Crippen molar-refractivity contribution in [3.8, 4) is 0 Å². The standard InChI is InChI=1S/C14H22N4/c1-12(10-17(2)3)15-8-9-18-11-16-13-6-4-5-7-14(13)18/h4-7,11-12,15H,8-10H2,1-3H3. The van der Waals surface area contributed by atoms with E-state index in [-0.39, 0.29) is 0 Å². The van der Waals surface area contributed by atoms with E-state index in [1.54, 1.807) is 0 Å². The summed E-state index contributed by atoms with van der Waals surface area (Å²) in [6, 6.07) is 8.76. The molecule has 2 aromatic rings. The molecule has 0 aliphatic heterocycles. The normalized spacial score (nSPS) is 13.3. The first-order valence-corrected chi connectivity index (χ1v) is 6.45. The molecule has 98 valence electrons. The van der Waals surface area contributed by atoms with Crippen molar-refractivity contribution < 1.29 is 0 Å². The lowest BCUT2D eigenvalue weighted by molar-refractivity contribution is 0.347. The van der Waals surface area contributed by atoms with Crippen LogP contribution < -0.4 is 5.32 Å². The Morgan fingerprint density at radius 2 is 2.11 bits per heavy atom. The molecule has 1 heterocycles. The van der Waals surface area contributed by atoms with Gasteiger partial charge in [0.2, 0.25) is 0 Å². The Balaban J connectivity index is 1.87. The number of likely N-dealkylation sites (N-methyl/N-ethyl adjacent to an activating group) is 1. The largest absolute Gasteiger partial charge is 0.329 e. The number of hydrogen-bond donors (Lipinski definition) is 1. The molecule has 0 fully saturated rings. The highest BCUT2D eigenvalue weighted by atomic mass is 15.1. The SMILES string of the molecule is CC(CN(C)C)NCCn1cnc2ccccc21. The van der Waals surface area contributed by atoms with Gasteiger partial charge in [0.1, 0.15) is 0 Å². The minimum atomic E-state index is 0.509. The molecule has 0 spiro atoms. The van der Waals surface area contributed by atoms with E-state index in [1.165, 1.54) is 5.52 Å². The summed E-state index contributed by atoms with van der Waals surface area (Å²) in [4.78, 5) is 6.59. The third-order valence-corrected chi connectivity index (χ3v) is 3.01. The molecule has 18 heavy (non-hydrogen) atoms. The van der Waals surface area contributed by atoms with E-state index in [9.17, 15) is 0 Å². The fraction of sp³-hybridized carbons (Fsp3) is 0.500. The molecule has 4 nitrogen and oxygen atoms in total. The number of rotatable bonds is 6. The molecule has 1 N–H and O–H groups in total. The van der Waals surface area contributed by atoms with Crippen LogP contribution in [0.1, 0.15) is 6.92 Å². The Morgan fingerprint density at radius 1 is 1.33 bits per heavy atom. The molecule has 0 saturated heterocycles. The summed E-state index contributed by atoms with van der Waals surface area (Å²) < 4.78 is 2.20. The van der Waals surface area contributed by atoms with Crippen molar-refractivity contribution >= 4 is 11.0 Å². The molecule has 1 unspecified atom stereocenters. The fourth-order valence-corrected chi connectivity index (χ4v) is 2.23. The summed E-state index contributed by atoms with van der Waals surface area (Å²) in [5, 5.41) is 3.53. The van der Waals surface area contributed by atoms with E-state index in [0.717, 1.165) is 25.2 Å². The smallest absolute Gasteiger partial charge is 0.0958 e. The van der Waals surface area contributed by atoms with Crippen LogP contribution in [0.2, 0.25) is 0 Å². The van der Waals surface area contributed by atoms with E-state index < -0.39 is 0 Å². The summed E-state index contributed by atoms with van der Waals surface area (Å²) in [6.45, 7) is 5.20. The highest BCUT2D eigenvalue weighted by molar-refractivity contribution is 5.74. The van der Waals surface area contributed by atoms with Gasteiger partial charge in [-0.1, -0.05) is 12.1 Å². The minimum Gasteiger partial charge on any atom is -0.329 e. The number of nitrogens with zero attached hydrogens (tertiary/aromatic N) is 3. The van der Waals surface area contributed by atoms with Gasteiger partial charge in [-0.2, -0.15) is 0 Å². The summed E-state index contributed by atoms with van der Waals surface area (Å²) >= 11 is 0. The molecule has 0 radical (unpaired) electrons. The lowest BCUT2D eigenvalue weighted by Crippen LogP contribution is -2.37. The molecule has 0 bridgehead atoms. The van der Waals surface area contributed by atoms with Crippen LogP contribution in [0.15, 0.2) is 30.6 Å². The zero-order valence-corrected chi connectivity index (χ0v) is 11.4. The highest BCUT2D eigenvalue weighted by Gasteiger charge is 2.04. The zero-order chi connectivity index (χ0) is 13.0. The summed E-state index contributed by atoms with van der Waals surface area (Å²) in [5.74, 6) is 0. The maximum Gasteiger partial charge on any atom is 0.0958 e. The third kappa shape index (κ3) is 3.31. The van der Waals surface area contributed by atoms with E-state index in [0.29, 0.717) is 6.04 Å². The molecular formula is C14H22N4. The Kier molecular flexibility index (Phi) is 4.33. The average molecular weight is 246 g/mol. The fourth-order valence-electron chi connectivity index (χ4n) is 2.23. The van der Waals surface area contributed by atoms with Crippen LogP contribution >= 0.6 is 0 Å². The Labute approximate surface area is 109 Å². The summed E-state index contributed by atoms with van der Waals surface area (Å²) in [5.41, 5.74) is 2.28. The van der Waals surface area contributed by atoms with Gasteiger partial charge in [-0.3, -0.25) is 0 Å². The number of fused-ring (bicyclic) bond motifs is 1. The third-order valence-electron chi connectivity index (χ3n) is 3.01. The van der Waals surface area contributed by atoms with Gasteiger partial charge in [0.05, 0.1) is 17.4 Å². The minimum absolute atomic E-state index is 0.509. The van der Waals surface area contributed by atoms with Crippen LogP contribution in [0.5, 0.6) is 0 Å². The Bertz CT molecular complexity index is 489. The molecule has 1 atom stereocenters. The zero-order valence-electron chi connectivity index (χ0n) is 11.4. The van der Waals surface area contributed by atoms with E-state index in [1.807, 2.05) is 18.5 Å². The van der Waals surface area contributed by atoms with Crippen molar-refractivity contribution in [2.75, 3.05) is 27.2 Å². The molecular weight excluding hydrogens is 224 g/mol. The molecule has 0 saturated carbocycles. The molecule has 1 aromatic heterocycles. The van der Waals surface area contributed by atoms with Crippen molar-refractivity contribution in [2.24, 2.45) is 0 Å². The van der Waals surface area contributed by atoms with Crippen molar-refractivity contribution in [2.45, 2.75) is 19.5 Å². The van der Waals surface area contributed by atoms with Crippen LogP contribution in [-0.2, 0) is 6.54 Å². The predicted octanol–water partition coefficient (Wildman–Crippen LogP) is 1.58. The summed E-state index contributed by atoms with van der Waals surface area (Å²) in [6.07, 6.45) is 1.92. The Hall–Kier alpha value is -1.39. The predicted molar refractivity (Wildman–Crippen MR) is 75.8 cm³/mol. The second-order valence-electron chi connectivity index (χ2n) is 5.04. The molecule has 0 aliphatic carbocycles. The monoisotopic (exact) mass is 246 g/mol.